The number of nitrogens with one attached hydrogen (secondary N) is 1. The maximum absolute atomic E-state index is 5.42. The van der Waals surface area contributed by atoms with E-state index >= 15 is 0 Å². The Hall–Kier alpha value is -1.16. The number of hydrogen-bond acceptors (Lipinski definition) is 4. The molecule has 1 aliphatic rings. The van der Waals surface area contributed by atoms with Gasteiger partial charge < -0.3 is 10.1 Å². The van der Waals surface area contributed by atoms with Crippen molar-refractivity contribution in [3.63, 3.8) is 0 Å². The van der Waals surface area contributed by atoms with Crippen molar-refractivity contribution in [2.75, 3.05) is 19.0 Å². The Morgan fingerprint density at radius 3 is 2.78 bits per heavy atom. The van der Waals surface area contributed by atoms with Crippen LogP contribution >= 0.6 is 0 Å². The van der Waals surface area contributed by atoms with Crippen LogP contribution in [0.15, 0.2) is 6.33 Å². The number of nitrogens with zero attached hydrogens (tertiary/aromatic N) is 2. The summed E-state index contributed by atoms with van der Waals surface area (Å²) in [7, 11) is 1.74. The van der Waals surface area contributed by atoms with E-state index in [1.807, 2.05) is 0 Å². The first-order valence-electron chi connectivity index (χ1n) is 6.74. The fraction of sp³-hybridized carbons (Fsp3) is 0.714. The topological polar surface area (TPSA) is 47.0 Å². The van der Waals surface area contributed by atoms with Crippen LogP contribution in [0.25, 0.3) is 0 Å². The van der Waals surface area contributed by atoms with Crippen LogP contribution in [0.2, 0.25) is 0 Å². The van der Waals surface area contributed by atoms with Crippen molar-refractivity contribution in [1.82, 2.24) is 9.97 Å². The molecule has 1 heterocycles. The van der Waals surface area contributed by atoms with Crippen LogP contribution in [-0.4, -0.2) is 29.2 Å². The van der Waals surface area contributed by atoms with Crippen LogP contribution in [0.4, 0.5) is 5.82 Å². The molecule has 0 amide bonds. The van der Waals surface area contributed by atoms with Gasteiger partial charge >= 0.3 is 0 Å². The Bertz CT molecular complexity index is 404. The molecule has 0 radical (unpaired) electrons. The summed E-state index contributed by atoms with van der Waals surface area (Å²) in [6.45, 7) is 4.90. The zero-order valence-electron chi connectivity index (χ0n) is 11.6. The van der Waals surface area contributed by atoms with Gasteiger partial charge in [0.15, 0.2) is 0 Å². The number of rotatable bonds is 4. The van der Waals surface area contributed by atoms with Gasteiger partial charge in [-0.2, -0.15) is 0 Å². The van der Waals surface area contributed by atoms with E-state index in [9.17, 15) is 0 Å². The summed E-state index contributed by atoms with van der Waals surface area (Å²) < 4.78 is 5.42. The van der Waals surface area contributed by atoms with Crippen molar-refractivity contribution in [3.8, 4) is 0 Å². The normalized spacial score (nSPS) is 15.9. The van der Waals surface area contributed by atoms with Crippen molar-refractivity contribution in [3.05, 3.63) is 17.6 Å². The molecule has 0 saturated carbocycles. The summed E-state index contributed by atoms with van der Waals surface area (Å²) in [5, 5.41) is 3.42. The lowest BCUT2D eigenvalue weighted by Crippen LogP contribution is -2.32. The summed E-state index contributed by atoms with van der Waals surface area (Å²) in [4.78, 5) is 8.82. The molecule has 0 saturated heterocycles. The van der Waals surface area contributed by atoms with E-state index in [-0.39, 0.29) is 5.60 Å². The molecule has 1 aromatic heterocycles. The molecule has 1 aliphatic carbocycles. The largest absolute Gasteiger partial charge is 0.377 e. The average Bonchev–Trinajstić information content (AvgIpc) is 2.62. The number of anilines is 1. The van der Waals surface area contributed by atoms with Crippen molar-refractivity contribution >= 4 is 5.82 Å². The lowest BCUT2D eigenvalue weighted by molar-refractivity contribution is 0.0343. The molecule has 0 atom stereocenters. The maximum atomic E-state index is 5.42. The van der Waals surface area contributed by atoms with Crippen LogP contribution in [0, 0.1) is 0 Å². The van der Waals surface area contributed by atoms with Gasteiger partial charge in [0.1, 0.15) is 12.1 Å². The first-order chi connectivity index (χ1) is 8.62. The van der Waals surface area contributed by atoms with Gasteiger partial charge in [0.05, 0.1) is 5.60 Å². The minimum Gasteiger partial charge on any atom is -0.377 e. The highest BCUT2D eigenvalue weighted by molar-refractivity contribution is 5.46. The molecular formula is C14H23N3O. The lowest BCUT2D eigenvalue weighted by Gasteiger charge is -2.24. The first kappa shape index (κ1) is 13.3. The van der Waals surface area contributed by atoms with Crippen LogP contribution in [0.1, 0.15) is 44.4 Å². The van der Waals surface area contributed by atoms with E-state index in [4.69, 9.17) is 4.74 Å². The van der Waals surface area contributed by atoms with E-state index in [0.717, 1.165) is 25.2 Å². The van der Waals surface area contributed by atoms with Crippen LogP contribution < -0.4 is 5.32 Å². The van der Waals surface area contributed by atoms with Gasteiger partial charge in [0.2, 0.25) is 0 Å². The molecule has 0 aromatic carbocycles. The second-order valence-corrected chi connectivity index (χ2v) is 5.53. The quantitative estimate of drug-likeness (QED) is 0.833. The highest BCUT2D eigenvalue weighted by Gasteiger charge is 2.19. The van der Waals surface area contributed by atoms with E-state index in [1.165, 1.54) is 30.5 Å². The van der Waals surface area contributed by atoms with Crippen LogP contribution in [0.5, 0.6) is 0 Å². The molecule has 0 fully saturated rings. The number of ether oxygens (including phenoxy) is 1. The number of fused-ring (bicyclic) bond motifs is 1. The van der Waals surface area contributed by atoms with Gasteiger partial charge in [-0.1, -0.05) is 6.42 Å². The van der Waals surface area contributed by atoms with Crippen molar-refractivity contribution in [2.24, 2.45) is 0 Å². The molecule has 0 bridgehead atoms. The zero-order valence-corrected chi connectivity index (χ0v) is 11.6. The molecule has 100 valence electrons. The Balaban J connectivity index is 2.13. The van der Waals surface area contributed by atoms with Crippen molar-refractivity contribution in [2.45, 2.75) is 51.6 Å². The average molecular weight is 249 g/mol. The lowest BCUT2D eigenvalue weighted by atomic mass is 10.1. The van der Waals surface area contributed by atoms with E-state index in [2.05, 4.69) is 29.1 Å². The van der Waals surface area contributed by atoms with Gasteiger partial charge in [-0.3, -0.25) is 0 Å². The van der Waals surface area contributed by atoms with E-state index < -0.39 is 0 Å². The molecule has 0 aliphatic heterocycles. The maximum Gasteiger partial charge on any atom is 0.132 e. The molecule has 0 spiro atoms. The number of aromatic nitrogens is 2. The number of aryl methyl sites for hydroxylation is 1. The van der Waals surface area contributed by atoms with Crippen LogP contribution in [-0.2, 0) is 17.6 Å². The van der Waals surface area contributed by atoms with Gasteiger partial charge in [-0.25, -0.2) is 9.97 Å². The summed E-state index contributed by atoms with van der Waals surface area (Å²) in [6.07, 6.45) is 7.62. The second-order valence-electron chi connectivity index (χ2n) is 5.53. The molecule has 18 heavy (non-hydrogen) atoms. The fourth-order valence-corrected chi connectivity index (χ4v) is 2.22. The smallest absolute Gasteiger partial charge is 0.132 e. The SMILES string of the molecule is COC(C)(C)CNc1ncnc2c1CCCCC2. The molecule has 4 heteroatoms. The van der Waals surface area contributed by atoms with Gasteiger partial charge in [0, 0.05) is 24.9 Å². The summed E-state index contributed by atoms with van der Waals surface area (Å²) in [5.74, 6) is 0.993. The van der Waals surface area contributed by atoms with E-state index in [0.29, 0.717) is 0 Å². The molecule has 2 rings (SSSR count). The predicted octanol–water partition coefficient (Wildman–Crippen LogP) is 2.58. The monoisotopic (exact) mass is 249 g/mol. The summed E-state index contributed by atoms with van der Waals surface area (Å²) in [5.41, 5.74) is 2.35. The third kappa shape index (κ3) is 3.19. The third-order valence-electron chi connectivity index (χ3n) is 3.61. The van der Waals surface area contributed by atoms with Crippen molar-refractivity contribution in [1.29, 1.82) is 0 Å². The molecule has 1 N–H and O–H groups in total. The predicted molar refractivity (Wildman–Crippen MR) is 72.9 cm³/mol. The Kier molecular flexibility index (Phi) is 4.17. The Morgan fingerprint density at radius 2 is 2.00 bits per heavy atom. The highest BCUT2D eigenvalue weighted by atomic mass is 16.5. The van der Waals surface area contributed by atoms with Gasteiger partial charge in [-0.15, -0.1) is 0 Å². The standard InChI is InChI=1S/C14H23N3O/c1-14(2,18-3)9-15-13-11-7-5-4-6-8-12(11)16-10-17-13/h10H,4-9H2,1-3H3,(H,15,16,17). The summed E-state index contributed by atoms with van der Waals surface area (Å²) >= 11 is 0. The number of hydrogen-bond donors (Lipinski definition) is 1. The first-order valence-corrected chi connectivity index (χ1v) is 6.74. The highest BCUT2D eigenvalue weighted by Crippen LogP contribution is 2.24. The Morgan fingerprint density at radius 1 is 1.22 bits per heavy atom. The molecule has 1 aromatic rings. The van der Waals surface area contributed by atoms with E-state index in [1.54, 1.807) is 13.4 Å². The van der Waals surface area contributed by atoms with Gasteiger partial charge in [-0.05, 0) is 39.5 Å². The molecule has 0 unspecified atom stereocenters. The Labute approximate surface area is 109 Å². The fourth-order valence-electron chi connectivity index (χ4n) is 2.22. The molecular weight excluding hydrogens is 226 g/mol. The zero-order chi connectivity index (χ0) is 13.0. The minimum absolute atomic E-state index is 0.178. The number of methoxy groups -OCH3 is 1. The second kappa shape index (κ2) is 5.65. The molecule has 4 nitrogen and oxygen atoms in total. The van der Waals surface area contributed by atoms with Gasteiger partial charge in [0.25, 0.3) is 0 Å². The summed E-state index contributed by atoms with van der Waals surface area (Å²) in [6, 6.07) is 0. The minimum atomic E-state index is -0.178. The van der Waals surface area contributed by atoms with Crippen molar-refractivity contribution < 1.29 is 4.74 Å². The third-order valence-corrected chi connectivity index (χ3v) is 3.61. The van der Waals surface area contributed by atoms with Crippen LogP contribution in [0.3, 0.4) is 0 Å².